The van der Waals surface area contributed by atoms with Crippen molar-refractivity contribution in [1.82, 2.24) is 19.7 Å². The predicted molar refractivity (Wildman–Crippen MR) is 147 cm³/mol. The summed E-state index contributed by atoms with van der Waals surface area (Å²) in [6.45, 7) is 10.7. The fraction of sp³-hybridized carbons (Fsp3) is 0.308. The molecule has 0 saturated heterocycles. The zero-order valence-corrected chi connectivity index (χ0v) is 23.2. The lowest BCUT2D eigenvalue weighted by Crippen LogP contribution is -2.15. The van der Waals surface area contributed by atoms with Crippen LogP contribution in [-0.4, -0.2) is 31.4 Å². The normalized spacial score (nSPS) is 11.9. The molecule has 0 spiro atoms. The van der Waals surface area contributed by atoms with Crippen LogP contribution in [0.4, 0.5) is 5.13 Å². The molecule has 1 atom stereocenters. The Bertz CT molecular complexity index is 1380. The molecule has 1 amide bonds. The SMILES string of the molecule is CCn1c(SCC(=O)Nc2nc(-c3ccc(C)c(C)c3)cs2)nnc1C(C)Oc1ccc(Cl)c(C)c1. The number of thiazole rings is 1. The molecule has 0 fully saturated rings. The van der Waals surface area contributed by atoms with Crippen LogP contribution in [-0.2, 0) is 11.3 Å². The van der Waals surface area contributed by atoms with E-state index in [1.54, 1.807) is 0 Å². The first-order chi connectivity index (χ1) is 17.2. The second-order valence-corrected chi connectivity index (χ2v) is 10.6. The molecule has 0 bridgehead atoms. The highest BCUT2D eigenvalue weighted by Gasteiger charge is 2.20. The lowest BCUT2D eigenvalue weighted by atomic mass is 10.1. The predicted octanol–water partition coefficient (Wildman–Crippen LogP) is 6.87. The van der Waals surface area contributed by atoms with E-state index >= 15 is 0 Å². The van der Waals surface area contributed by atoms with Crippen molar-refractivity contribution < 1.29 is 9.53 Å². The molecule has 7 nitrogen and oxygen atoms in total. The van der Waals surface area contributed by atoms with Crippen molar-refractivity contribution in [3.05, 3.63) is 69.3 Å². The van der Waals surface area contributed by atoms with Gasteiger partial charge in [-0.3, -0.25) is 4.79 Å². The minimum Gasteiger partial charge on any atom is -0.483 e. The maximum absolute atomic E-state index is 12.6. The van der Waals surface area contributed by atoms with Gasteiger partial charge in [0.2, 0.25) is 5.91 Å². The summed E-state index contributed by atoms with van der Waals surface area (Å²) in [7, 11) is 0. The van der Waals surface area contributed by atoms with Gasteiger partial charge in [0, 0.05) is 22.5 Å². The molecule has 4 aromatic rings. The van der Waals surface area contributed by atoms with Gasteiger partial charge in [-0.2, -0.15) is 0 Å². The smallest absolute Gasteiger partial charge is 0.236 e. The second-order valence-electron chi connectivity index (χ2n) is 8.43. The maximum atomic E-state index is 12.6. The summed E-state index contributed by atoms with van der Waals surface area (Å²) < 4.78 is 8.04. The molecule has 2 aromatic carbocycles. The molecule has 36 heavy (non-hydrogen) atoms. The summed E-state index contributed by atoms with van der Waals surface area (Å²) in [5.41, 5.74) is 5.29. The highest BCUT2D eigenvalue weighted by molar-refractivity contribution is 7.99. The third-order valence-electron chi connectivity index (χ3n) is 5.75. The number of nitrogens with zero attached hydrogens (tertiary/aromatic N) is 4. The minimum absolute atomic E-state index is 0.144. The van der Waals surface area contributed by atoms with Crippen molar-refractivity contribution in [2.24, 2.45) is 0 Å². The topological polar surface area (TPSA) is 81.9 Å². The lowest BCUT2D eigenvalue weighted by Gasteiger charge is -2.16. The van der Waals surface area contributed by atoms with E-state index in [4.69, 9.17) is 16.3 Å². The highest BCUT2D eigenvalue weighted by atomic mass is 35.5. The van der Waals surface area contributed by atoms with Gasteiger partial charge < -0.3 is 14.6 Å². The zero-order valence-electron chi connectivity index (χ0n) is 20.8. The number of rotatable bonds is 9. The Morgan fingerprint density at radius 2 is 1.94 bits per heavy atom. The van der Waals surface area contributed by atoms with Crippen molar-refractivity contribution in [2.75, 3.05) is 11.1 Å². The van der Waals surface area contributed by atoms with E-state index in [0.717, 1.165) is 16.8 Å². The van der Waals surface area contributed by atoms with Gasteiger partial charge >= 0.3 is 0 Å². The summed E-state index contributed by atoms with van der Waals surface area (Å²) >= 11 is 8.86. The zero-order chi connectivity index (χ0) is 25.8. The van der Waals surface area contributed by atoms with Crippen LogP contribution in [0, 0.1) is 20.8 Å². The summed E-state index contributed by atoms with van der Waals surface area (Å²) in [6, 6.07) is 11.8. The Morgan fingerprint density at radius 1 is 1.14 bits per heavy atom. The number of aromatic nitrogens is 4. The Hall–Kier alpha value is -2.88. The fourth-order valence-corrected chi connectivity index (χ4v) is 5.26. The first-order valence-electron chi connectivity index (χ1n) is 11.6. The number of carbonyl (C=O) groups is 1. The number of hydrogen-bond donors (Lipinski definition) is 1. The molecule has 2 aromatic heterocycles. The molecule has 4 rings (SSSR count). The number of anilines is 1. The highest BCUT2D eigenvalue weighted by Crippen LogP contribution is 2.29. The van der Waals surface area contributed by atoms with E-state index < -0.39 is 0 Å². The molecule has 0 aliphatic rings. The first-order valence-corrected chi connectivity index (χ1v) is 13.8. The molecule has 0 aliphatic carbocycles. The van der Waals surface area contributed by atoms with Crippen LogP contribution in [0.25, 0.3) is 11.3 Å². The lowest BCUT2D eigenvalue weighted by molar-refractivity contribution is -0.113. The molecule has 10 heteroatoms. The van der Waals surface area contributed by atoms with Gasteiger partial charge in [-0.15, -0.1) is 21.5 Å². The molecule has 1 N–H and O–H groups in total. The summed E-state index contributed by atoms with van der Waals surface area (Å²) in [5, 5.41) is 15.4. The molecule has 0 saturated carbocycles. The number of halogens is 1. The van der Waals surface area contributed by atoms with E-state index in [2.05, 4.69) is 46.5 Å². The molecule has 2 heterocycles. The largest absolute Gasteiger partial charge is 0.483 e. The number of aryl methyl sites for hydroxylation is 3. The first kappa shape index (κ1) is 26.2. The molecular formula is C26H28ClN5O2S2. The van der Waals surface area contributed by atoms with Crippen molar-refractivity contribution in [3.63, 3.8) is 0 Å². The number of thioether (sulfide) groups is 1. The maximum Gasteiger partial charge on any atom is 0.236 e. The second kappa shape index (κ2) is 11.5. The number of ether oxygens (including phenoxy) is 1. The van der Waals surface area contributed by atoms with E-state index in [9.17, 15) is 4.79 Å². The molecule has 1 unspecified atom stereocenters. The van der Waals surface area contributed by atoms with Crippen LogP contribution >= 0.6 is 34.7 Å². The van der Waals surface area contributed by atoms with Gasteiger partial charge in [-0.25, -0.2) is 4.98 Å². The van der Waals surface area contributed by atoms with E-state index in [-0.39, 0.29) is 17.8 Å². The van der Waals surface area contributed by atoms with Crippen LogP contribution in [0.3, 0.4) is 0 Å². The number of carbonyl (C=O) groups excluding carboxylic acids is 1. The number of amides is 1. The monoisotopic (exact) mass is 541 g/mol. The Labute approximate surface area is 224 Å². The standard InChI is InChI=1S/C26H28ClN5O2S2/c1-6-32-24(18(5)34-20-9-10-21(27)17(4)12-20)30-31-26(32)36-14-23(33)29-25-28-22(13-35-25)19-8-7-15(2)16(3)11-19/h7-13,18H,6,14H2,1-5H3,(H,28,29,33). The third kappa shape index (κ3) is 6.08. The van der Waals surface area contributed by atoms with Crippen LogP contribution in [0.1, 0.15) is 42.5 Å². The van der Waals surface area contributed by atoms with Gasteiger partial charge in [0.05, 0.1) is 11.4 Å². The van der Waals surface area contributed by atoms with Crippen LogP contribution < -0.4 is 10.1 Å². The average molecular weight is 542 g/mol. The quantitative estimate of drug-likeness (QED) is 0.233. The Balaban J connectivity index is 1.36. The van der Waals surface area contributed by atoms with Crippen LogP contribution in [0.15, 0.2) is 46.9 Å². The minimum atomic E-state index is -0.319. The third-order valence-corrected chi connectivity index (χ3v) is 7.90. The number of nitrogens with one attached hydrogen (secondary N) is 1. The van der Waals surface area contributed by atoms with Crippen molar-refractivity contribution >= 4 is 45.7 Å². The van der Waals surface area contributed by atoms with Crippen molar-refractivity contribution in [2.45, 2.75) is 52.4 Å². The van der Waals surface area contributed by atoms with Gasteiger partial charge in [0.15, 0.2) is 22.2 Å². The van der Waals surface area contributed by atoms with Gasteiger partial charge in [-0.1, -0.05) is 35.5 Å². The van der Waals surface area contributed by atoms with E-state index in [0.29, 0.717) is 33.4 Å². The number of hydrogen-bond acceptors (Lipinski definition) is 7. The van der Waals surface area contributed by atoms with Gasteiger partial charge in [-0.05, 0) is 75.6 Å². The van der Waals surface area contributed by atoms with E-state index in [1.165, 1.54) is 34.2 Å². The van der Waals surface area contributed by atoms with Gasteiger partial charge in [0.25, 0.3) is 0 Å². The Morgan fingerprint density at radius 3 is 2.67 bits per heavy atom. The van der Waals surface area contributed by atoms with Crippen LogP contribution in [0.5, 0.6) is 5.75 Å². The molecule has 0 aliphatic heterocycles. The molecule has 0 radical (unpaired) electrons. The number of benzene rings is 2. The summed E-state index contributed by atoms with van der Waals surface area (Å²) in [5.74, 6) is 1.47. The summed E-state index contributed by atoms with van der Waals surface area (Å²) in [4.78, 5) is 17.2. The molecule has 188 valence electrons. The Kier molecular flexibility index (Phi) is 8.33. The van der Waals surface area contributed by atoms with E-state index in [1.807, 2.05) is 55.0 Å². The van der Waals surface area contributed by atoms with Gasteiger partial charge in [0.1, 0.15) is 5.75 Å². The van der Waals surface area contributed by atoms with Crippen molar-refractivity contribution in [1.29, 1.82) is 0 Å². The average Bonchev–Trinajstić information content (AvgIpc) is 3.48. The summed E-state index contributed by atoms with van der Waals surface area (Å²) in [6.07, 6.45) is -0.319. The van der Waals surface area contributed by atoms with Crippen LogP contribution in [0.2, 0.25) is 5.02 Å². The molecular weight excluding hydrogens is 514 g/mol. The fourth-order valence-electron chi connectivity index (χ4n) is 3.60. The van der Waals surface area contributed by atoms with Crippen molar-refractivity contribution in [3.8, 4) is 17.0 Å².